The van der Waals surface area contributed by atoms with E-state index in [1.165, 1.54) is 18.4 Å². The van der Waals surface area contributed by atoms with Crippen molar-refractivity contribution in [2.24, 2.45) is 5.92 Å². The van der Waals surface area contributed by atoms with Crippen LogP contribution in [0.15, 0.2) is 18.2 Å². The molecule has 1 N–H and O–H groups in total. The summed E-state index contributed by atoms with van der Waals surface area (Å²) in [5.41, 5.74) is 1.20. The van der Waals surface area contributed by atoms with Crippen LogP contribution in [0.4, 0.5) is 0 Å². The molecule has 1 aromatic rings. The summed E-state index contributed by atoms with van der Waals surface area (Å²) in [7, 11) is 3.70. The van der Waals surface area contributed by atoms with Gasteiger partial charge in [0.15, 0.2) is 0 Å². The smallest absolute Gasteiger partial charge is 0.122 e. The first-order chi connectivity index (χ1) is 8.17. The second-order valence-electron chi connectivity index (χ2n) is 4.49. The lowest BCUT2D eigenvalue weighted by molar-refractivity contribution is 0.405. The first kappa shape index (κ1) is 14.3. The van der Waals surface area contributed by atoms with Gasteiger partial charge in [-0.05, 0) is 62.5 Å². The van der Waals surface area contributed by atoms with Crippen molar-refractivity contribution in [2.75, 3.05) is 20.7 Å². The van der Waals surface area contributed by atoms with Gasteiger partial charge in [-0.25, -0.2) is 0 Å². The highest BCUT2D eigenvalue weighted by Crippen LogP contribution is 2.25. The lowest BCUT2D eigenvalue weighted by atomic mass is 9.98. The number of hydrogen-bond donors (Lipinski definition) is 1. The predicted octanol–water partition coefficient (Wildman–Crippen LogP) is 3.53. The summed E-state index contributed by atoms with van der Waals surface area (Å²) >= 11 is 6.01. The maximum Gasteiger partial charge on any atom is 0.122 e. The van der Waals surface area contributed by atoms with Crippen molar-refractivity contribution in [1.82, 2.24) is 5.32 Å². The lowest BCUT2D eigenvalue weighted by Crippen LogP contribution is -2.12. The Kier molecular flexibility index (Phi) is 6.38. The highest BCUT2D eigenvalue weighted by Gasteiger charge is 2.07. The molecule has 0 spiro atoms. The van der Waals surface area contributed by atoms with E-state index in [-0.39, 0.29) is 0 Å². The molecule has 3 heteroatoms. The zero-order chi connectivity index (χ0) is 12.7. The normalized spacial score (nSPS) is 12.5. The van der Waals surface area contributed by atoms with Gasteiger partial charge in [-0.15, -0.1) is 0 Å². The van der Waals surface area contributed by atoms with Gasteiger partial charge in [-0.2, -0.15) is 0 Å². The van der Waals surface area contributed by atoms with Crippen molar-refractivity contribution >= 4 is 11.6 Å². The van der Waals surface area contributed by atoms with Crippen LogP contribution < -0.4 is 10.1 Å². The number of aryl methyl sites for hydroxylation is 1. The van der Waals surface area contributed by atoms with Crippen LogP contribution in [0.5, 0.6) is 5.75 Å². The second kappa shape index (κ2) is 7.57. The molecule has 17 heavy (non-hydrogen) atoms. The van der Waals surface area contributed by atoms with Gasteiger partial charge in [-0.1, -0.05) is 18.5 Å². The number of nitrogens with one attached hydrogen (secondary N) is 1. The third kappa shape index (κ3) is 4.97. The van der Waals surface area contributed by atoms with Gasteiger partial charge in [0.1, 0.15) is 5.75 Å². The zero-order valence-electron chi connectivity index (χ0n) is 10.9. The highest BCUT2D eigenvalue weighted by atomic mass is 35.5. The number of methoxy groups -OCH3 is 1. The molecule has 1 atom stereocenters. The third-order valence-corrected chi connectivity index (χ3v) is 3.27. The lowest BCUT2D eigenvalue weighted by Gasteiger charge is -2.13. The van der Waals surface area contributed by atoms with Crippen molar-refractivity contribution in [2.45, 2.75) is 26.2 Å². The highest BCUT2D eigenvalue weighted by molar-refractivity contribution is 6.30. The van der Waals surface area contributed by atoms with Crippen molar-refractivity contribution in [3.8, 4) is 5.75 Å². The first-order valence-corrected chi connectivity index (χ1v) is 6.52. The van der Waals surface area contributed by atoms with E-state index in [1.54, 1.807) is 7.11 Å². The summed E-state index contributed by atoms with van der Waals surface area (Å²) in [5.74, 6) is 1.65. The van der Waals surface area contributed by atoms with Gasteiger partial charge < -0.3 is 10.1 Å². The molecule has 0 saturated carbocycles. The van der Waals surface area contributed by atoms with Crippen LogP contribution in [0.3, 0.4) is 0 Å². The quantitative estimate of drug-likeness (QED) is 0.805. The molecule has 0 aliphatic heterocycles. The summed E-state index contributed by atoms with van der Waals surface area (Å²) in [6.45, 7) is 3.36. The molecule has 2 nitrogen and oxygen atoms in total. The number of ether oxygens (including phenoxy) is 1. The van der Waals surface area contributed by atoms with E-state index in [2.05, 4.69) is 12.2 Å². The molecule has 0 aliphatic carbocycles. The Morgan fingerprint density at radius 3 is 2.76 bits per heavy atom. The molecule has 96 valence electrons. The fourth-order valence-electron chi connectivity index (χ4n) is 1.88. The minimum absolute atomic E-state index is 0.714. The van der Waals surface area contributed by atoms with E-state index in [0.29, 0.717) is 5.92 Å². The van der Waals surface area contributed by atoms with E-state index in [0.717, 1.165) is 23.7 Å². The maximum absolute atomic E-state index is 6.01. The van der Waals surface area contributed by atoms with Crippen molar-refractivity contribution in [3.05, 3.63) is 28.8 Å². The van der Waals surface area contributed by atoms with Gasteiger partial charge in [0, 0.05) is 5.02 Å². The Morgan fingerprint density at radius 2 is 2.12 bits per heavy atom. The SMILES string of the molecule is CNCCC(C)CCc1cc(Cl)ccc1OC. The van der Waals surface area contributed by atoms with E-state index < -0.39 is 0 Å². The Hall–Kier alpha value is -0.730. The Balaban J connectivity index is 2.52. The third-order valence-electron chi connectivity index (χ3n) is 3.04. The molecular formula is C14H22ClNO. The van der Waals surface area contributed by atoms with Crippen LogP contribution in [-0.4, -0.2) is 20.7 Å². The minimum atomic E-state index is 0.714. The van der Waals surface area contributed by atoms with Gasteiger partial charge in [-0.3, -0.25) is 0 Å². The molecule has 0 fully saturated rings. The molecule has 0 bridgehead atoms. The number of rotatable bonds is 7. The first-order valence-electron chi connectivity index (χ1n) is 6.14. The number of hydrogen-bond acceptors (Lipinski definition) is 2. The molecule has 0 radical (unpaired) electrons. The fraction of sp³-hybridized carbons (Fsp3) is 0.571. The van der Waals surface area contributed by atoms with E-state index >= 15 is 0 Å². The molecule has 0 aliphatic rings. The van der Waals surface area contributed by atoms with Gasteiger partial charge in [0.2, 0.25) is 0 Å². The van der Waals surface area contributed by atoms with Crippen LogP contribution in [0.1, 0.15) is 25.3 Å². The topological polar surface area (TPSA) is 21.3 Å². The maximum atomic E-state index is 6.01. The van der Waals surface area contributed by atoms with Crippen molar-refractivity contribution in [1.29, 1.82) is 0 Å². The minimum Gasteiger partial charge on any atom is -0.496 e. The van der Waals surface area contributed by atoms with E-state index in [4.69, 9.17) is 16.3 Å². The zero-order valence-corrected chi connectivity index (χ0v) is 11.7. The summed E-state index contributed by atoms with van der Waals surface area (Å²) in [6.07, 6.45) is 3.40. The van der Waals surface area contributed by atoms with Crippen molar-refractivity contribution < 1.29 is 4.74 Å². The molecule has 0 aromatic heterocycles. The summed E-state index contributed by atoms with van der Waals surface area (Å²) in [6, 6.07) is 5.81. The van der Waals surface area contributed by atoms with Crippen LogP contribution in [0, 0.1) is 5.92 Å². The van der Waals surface area contributed by atoms with E-state index in [9.17, 15) is 0 Å². The Bertz CT molecular complexity index is 341. The Labute approximate surface area is 109 Å². The van der Waals surface area contributed by atoms with E-state index in [1.807, 2.05) is 25.2 Å². The molecular weight excluding hydrogens is 234 g/mol. The summed E-state index contributed by atoms with van der Waals surface area (Å²) < 4.78 is 5.34. The van der Waals surface area contributed by atoms with Crippen LogP contribution >= 0.6 is 11.6 Å². The number of halogens is 1. The standard InChI is InChI=1S/C14H22ClNO/c1-11(8-9-16-2)4-5-12-10-13(15)6-7-14(12)17-3/h6-7,10-11,16H,4-5,8-9H2,1-3H3. The molecule has 1 rings (SSSR count). The molecule has 0 amide bonds. The van der Waals surface area contributed by atoms with Gasteiger partial charge in [0.05, 0.1) is 7.11 Å². The molecule has 1 unspecified atom stereocenters. The second-order valence-corrected chi connectivity index (χ2v) is 4.93. The Morgan fingerprint density at radius 1 is 1.35 bits per heavy atom. The summed E-state index contributed by atoms with van der Waals surface area (Å²) in [4.78, 5) is 0. The molecule has 1 aromatic carbocycles. The van der Waals surface area contributed by atoms with Crippen LogP contribution in [0.25, 0.3) is 0 Å². The van der Waals surface area contributed by atoms with Gasteiger partial charge in [0.25, 0.3) is 0 Å². The van der Waals surface area contributed by atoms with Gasteiger partial charge >= 0.3 is 0 Å². The average Bonchev–Trinajstić information content (AvgIpc) is 2.34. The fourth-order valence-corrected chi connectivity index (χ4v) is 2.07. The predicted molar refractivity (Wildman–Crippen MR) is 74.0 cm³/mol. The molecule has 0 saturated heterocycles. The molecule has 0 heterocycles. The van der Waals surface area contributed by atoms with Crippen LogP contribution in [-0.2, 0) is 6.42 Å². The number of benzene rings is 1. The summed E-state index contributed by atoms with van der Waals surface area (Å²) in [5, 5.41) is 3.96. The monoisotopic (exact) mass is 255 g/mol. The largest absolute Gasteiger partial charge is 0.496 e. The van der Waals surface area contributed by atoms with Crippen molar-refractivity contribution in [3.63, 3.8) is 0 Å². The van der Waals surface area contributed by atoms with Crippen LogP contribution in [0.2, 0.25) is 5.02 Å². The average molecular weight is 256 g/mol.